The fourth-order valence-electron chi connectivity index (χ4n) is 1.70. The van der Waals surface area contributed by atoms with Gasteiger partial charge in [-0.1, -0.05) is 6.92 Å². The molecule has 0 aromatic heterocycles. The van der Waals surface area contributed by atoms with Crippen LogP contribution in [0.4, 0.5) is 4.79 Å². The van der Waals surface area contributed by atoms with Crippen LogP contribution in [0.25, 0.3) is 0 Å². The molecule has 1 fully saturated rings. The van der Waals surface area contributed by atoms with E-state index in [4.69, 9.17) is 5.11 Å². The van der Waals surface area contributed by atoms with Crippen molar-refractivity contribution in [3.8, 4) is 0 Å². The van der Waals surface area contributed by atoms with Crippen molar-refractivity contribution in [2.75, 3.05) is 19.6 Å². The molecule has 1 rings (SSSR count). The number of rotatable bonds is 8. The number of carboxylic acids is 1. The third-order valence-corrected chi connectivity index (χ3v) is 2.80. The predicted octanol–water partition coefficient (Wildman–Crippen LogP) is 1.68. The number of hydrogen-bond acceptors (Lipinski definition) is 2. The van der Waals surface area contributed by atoms with Crippen molar-refractivity contribution in [3.63, 3.8) is 0 Å². The SMILES string of the molecule is CCCN(CC1CC1)C(=O)NCCCC(=O)O. The van der Waals surface area contributed by atoms with Crippen molar-refractivity contribution in [2.45, 2.75) is 39.0 Å². The molecule has 0 saturated heterocycles. The Balaban J connectivity index is 2.18. The predicted molar refractivity (Wildman–Crippen MR) is 64.9 cm³/mol. The molecule has 0 aliphatic heterocycles. The maximum absolute atomic E-state index is 11.8. The van der Waals surface area contributed by atoms with Gasteiger partial charge in [0.15, 0.2) is 0 Å². The van der Waals surface area contributed by atoms with Gasteiger partial charge in [-0.25, -0.2) is 4.79 Å². The largest absolute Gasteiger partial charge is 0.481 e. The molecule has 0 radical (unpaired) electrons. The third kappa shape index (κ3) is 6.14. The van der Waals surface area contributed by atoms with E-state index in [9.17, 15) is 9.59 Å². The molecular formula is C12H22N2O3. The summed E-state index contributed by atoms with van der Waals surface area (Å²) in [5, 5.41) is 11.3. The quantitative estimate of drug-likeness (QED) is 0.636. The molecule has 1 aliphatic carbocycles. The highest BCUT2D eigenvalue weighted by Crippen LogP contribution is 2.29. The van der Waals surface area contributed by atoms with E-state index < -0.39 is 5.97 Å². The van der Waals surface area contributed by atoms with Gasteiger partial charge in [-0.2, -0.15) is 0 Å². The summed E-state index contributed by atoms with van der Waals surface area (Å²) in [6.07, 6.45) is 4.01. The number of carbonyl (C=O) groups excluding carboxylic acids is 1. The fraction of sp³-hybridized carbons (Fsp3) is 0.833. The molecule has 17 heavy (non-hydrogen) atoms. The Morgan fingerprint density at radius 2 is 2.12 bits per heavy atom. The number of hydrogen-bond donors (Lipinski definition) is 2. The molecule has 0 spiro atoms. The highest BCUT2D eigenvalue weighted by atomic mass is 16.4. The second-order valence-corrected chi connectivity index (χ2v) is 4.62. The molecule has 0 bridgehead atoms. The van der Waals surface area contributed by atoms with Gasteiger partial charge >= 0.3 is 12.0 Å². The molecule has 0 aromatic rings. The van der Waals surface area contributed by atoms with Gasteiger partial charge in [0, 0.05) is 26.1 Å². The van der Waals surface area contributed by atoms with E-state index in [1.807, 2.05) is 4.90 Å². The molecule has 0 aromatic carbocycles. The van der Waals surface area contributed by atoms with Crippen LogP contribution in [-0.2, 0) is 4.79 Å². The van der Waals surface area contributed by atoms with E-state index in [0.29, 0.717) is 18.9 Å². The summed E-state index contributed by atoms with van der Waals surface area (Å²) in [7, 11) is 0. The fourth-order valence-corrected chi connectivity index (χ4v) is 1.70. The normalized spacial score (nSPS) is 14.4. The van der Waals surface area contributed by atoms with E-state index >= 15 is 0 Å². The smallest absolute Gasteiger partial charge is 0.317 e. The van der Waals surface area contributed by atoms with E-state index in [1.165, 1.54) is 12.8 Å². The lowest BCUT2D eigenvalue weighted by Crippen LogP contribution is -2.42. The number of carbonyl (C=O) groups is 2. The molecular weight excluding hydrogens is 220 g/mol. The molecule has 98 valence electrons. The van der Waals surface area contributed by atoms with Crippen LogP contribution in [0.5, 0.6) is 0 Å². The highest BCUT2D eigenvalue weighted by molar-refractivity contribution is 5.74. The van der Waals surface area contributed by atoms with Crippen molar-refractivity contribution >= 4 is 12.0 Å². The Bertz CT molecular complexity index is 264. The van der Waals surface area contributed by atoms with Crippen molar-refractivity contribution in [1.82, 2.24) is 10.2 Å². The minimum absolute atomic E-state index is 0.0517. The minimum atomic E-state index is -0.817. The first kappa shape index (κ1) is 13.8. The van der Waals surface area contributed by atoms with Crippen LogP contribution in [0.3, 0.4) is 0 Å². The first-order valence-corrected chi connectivity index (χ1v) is 6.38. The monoisotopic (exact) mass is 242 g/mol. The zero-order chi connectivity index (χ0) is 12.7. The summed E-state index contributed by atoms with van der Waals surface area (Å²) in [4.78, 5) is 24.0. The lowest BCUT2D eigenvalue weighted by Gasteiger charge is -2.22. The maximum atomic E-state index is 11.8. The van der Waals surface area contributed by atoms with Gasteiger partial charge in [0.1, 0.15) is 0 Å². The second-order valence-electron chi connectivity index (χ2n) is 4.62. The molecule has 0 heterocycles. The van der Waals surface area contributed by atoms with Crippen molar-refractivity contribution in [2.24, 2.45) is 5.92 Å². The average Bonchev–Trinajstić information content (AvgIpc) is 3.07. The topological polar surface area (TPSA) is 69.6 Å². The zero-order valence-electron chi connectivity index (χ0n) is 10.4. The number of urea groups is 1. The van der Waals surface area contributed by atoms with Crippen LogP contribution < -0.4 is 5.32 Å². The summed E-state index contributed by atoms with van der Waals surface area (Å²) in [6.45, 7) is 4.12. The lowest BCUT2D eigenvalue weighted by atomic mass is 10.3. The summed E-state index contributed by atoms with van der Waals surface area (Å²) in [6, 6.07) is -0.0517. The standard InChI is InChI=1S/C12H22N2O3/c1-2-8-14(9-10-5-6-10)12(17)13-7-3-4-11(15)16/h10H,2-9H2,1H3,(H,13,17)(H,15,16). The van der Waals surface area contributed by atoms with E-state index in [1.54, 1.807) is 0 Å². The maximum Gasteiger partial charge on any atom is 0.317 e. The van der Waals surface area contributed by atoms with Crippen LogP contribution in [0, 0.1) is 5.92 Å². The van der Waals surface area contributed by atoms with Crippen molar-refractivity contribution in [1.29, 1.82) is 0 Å². The first-order valence-electron chi connectivity index (χ1n) is 6.38. The minimum Gasteiger partial charge on any atom is -0.481 e. The number of carboxylic acid groups (broad SMARTS) is 1. The van der Waals surface area contributed by atoms with E-state index in [-0.39, 0.29) is 12.5 Å². The number of nitrogens with zero attached hydrogens (tertiary/aromatic N) is 1. The summed E-state index contributed by atoms with van der Waals surface area (Å²) < 4.78 is 0. The van der Waals surface area contributed by atoms with Gasteiger partial charge in [0.25, 0.3) is 0 Å². The molecule has 0 atom stereocenters. The first-order chi connectivity index (χ1) is 8.13. The molecule has 1 saturated carbocycles. The van der Waals surface area contributed by atoms with Crippen LogP contribution in [0.1, 0.15) is 39.0 Å². The number of amides is 2. The molecule has 5 nitrogen and oxygen atoms in total. The van der Waals surface area contributed by atoms with Gasteiger partial charge in [0.05, 0.1) is 0 Å². The number of nitrogens with one attached hydrogen (secondary N) is 1. The zero-order valence-corrected chi connectivity index (χ0v) is 10.4. The van der Waals surface area contributed by atoms with Gasteiger partial charge in [-0.3, -0.25) is 4.79 Å². The van der Waals surface area contributed by atoms with Gasteiger partial charge < -0.3 is 15.3 Å². The molecule has 2 N–H and O–H groups in total. The van der Waals surface area contributed by atoms with Crippen LogP contribution in [0.15, 0.2) is 0 Å². The Morgan fingerprint density at radius 3 is 2.65 bits per heavy atom. The summed E-state index contributed by atoms with van der Waals surface area (Å²) in [5.41, 5.74) is 0. The lowest BCUT2D eigenvalue weighted by molar-refractivity contribution is -0.137. The molecule has 0 unspecified atom stereocenters. The van der Waals surface area contributed by atoms with Crippen LogP contribution in [-0.4, -0.2) is 41.6 Å². The Labute approximate surface area is 102 Å². The third-order valence-electron chi connectivity index (χ3n) is 2.80. The second kappa shape index (κ2) is 7.14. The van der Waals surface area contributed by atoms with Crippen molar-refractivity contribution < 1.29 is 14.7 Å². The van der Waals surface area contributed by atoms with E-state index in [0.717, 1.165) is 19.5 Å². The Morgan fingerprint density at radius 1 is 1.41 bits per heavy atom. The summed E-state index contributed by atoms with van der Waals surface area (Å²) in [5.74, 6) is -0.131. The molecule has 1 aliphatic rings. The van der Waals surface area contributed by atoms with Crippen LogP contribution >= 0.6 is 0 Å². The summed E-state index contributed by atoms with van der Waals surface area (Å²) >= 11 is 0. The van der Waals surface area contributed by atoms with E-state index in [2.05, 4.69) is 12.2 Å². The Hall–Kier alpha value is -1.26. The Kier molecular flexibility index (Phi) is 5.80. The van der Waals surface area contributed by atoms with Crippen molar-refractivity contribution in [3.05, 3.63) is 0 Å². The highest BCUT2D eigenvalue weighted by Gasteiger charge is 2.26. The van der Waals surface area contributed by atoms with Gasteiger partial charge in [-0.05, 0) is 31.6 Å². The van der Waals surface area contributed by atoms with Gasteiger partial charge in [0.2, 0.25) is 0 Å². The molecule has 5 heteroatoms. The average molecular weight is 242 g/mol. The van der Waals surface area contributed by atoms with Gasteiger partial charge in [-0.15, -0.1) is 0 Å². The molecule has 2 amide bonds. The van der Waals surface area contributed by atoms with Crippen LogP contribution in [0.2, 0.25) is 0 Å². The number of aliphatic carboxylic acids is 1.